The van der Waals surface area contributed by atoms with Gasteiger partial charge in [-0.1, -0.05) is 37.6 Å². The molecule has 1 fully saturated rings. The summed E-state index contributed by atoms with van der Waals surface area (Å²) >= 11 is 6.22. The van der Waals surface area contributed by atoms with Gasteiger partial charge in [0.2, 0.25) is 23.6 Å². The maximum atomic E-state index is 13.7. The van der Waals surface area contributed by atoms with Crippen LogP contribution in [0, 0.1) is 5.92 Å². The molecule has 42 heavy (non-hydrogen) atoms. The van der Waals surface area contributed by atoms with E-state index in [1.54, 1.807) is 58.4 Å². The maximum Gasteiger partial charge on any atom is 0.245 e. The number of aromatic nitrogens is 3. The van der Waals surface area contributed by atoms with E-state index in [-0.39, 0.29) is 42.5 Å². The van der Waals surface area contributed by atoms with Gasteiger partial charge < -0.3 is 20.9 Å². The molecule has 11 nitrogen and oxygen atoms in total. The average Bonchev–Trinajstić information content (AvgIpc) is 3.64. The predicted octanol–water partition coefficient (Wildman–Crippen LogP) is 3.26. The van der Waals surface area contributed by atoms with E-state index in [1.807, 2.05) is 13.8 Å². The van der Waals surface area contributed by atoms with Crippen molar-refractivity contribution in [2.24, 2.45) is 5.92 Å². The number of carbonyl (C=O) groups is 4. The number of hydrogen-bond donors (Lipinski definition) is 3. The third-order valence-corrected chi connectivity index (χ3v) is 7.21. The lowest BCUT2D eigenvalue weighted by molar-refractivity contribution is -0.141. The van der Waals surface area contributed by atoms with Gasteiger partial charge in [0.25, 0.3) is 0 Å². The fourth-order valence-corrected chi connectivity index (χ4v) is 5.28. The predicted molar refractivity (Wildman–Crippen MR) is 159 cm³/mol. The van der Waals surface area contributed by atoms with Crippen LogP contribution in [0.25, 0.3) is 5.69 Å². The first-order valence-electron chi connectivity index (χ1n) is 14.0. The van der Waals surface area contributed by atoms with Crippen LogP contribution < -0.4 is 16.0 Å². The zero-order chi connectivity index (χ0) is 30.2. The zero-order valence-corrected chi connectivity index (χ0v) is 24.7. The van der Waals surface area contributed by atoms with E-state index in [0.29, 0.717) is 36.5 Å². The molecule has 0 spiro atoms. The minimum Gasteiger partial charge on any atom is -0.350 e. The molecule has 4 amide bonds. The van der Waals surface area contributed by atoms with Crippen LogP contribution in [0.3, 0.4) is 0 Å². The highest BCUT2D eigenvalue weighted by Gasteiger charge is 2.37. The Labute approximate surface area is 250 Å². The summed E-state index contributed by atoms with van der Waals surface area (Å²) in [5, 5.41) is 13.3. The minimum atomic E-state index is -0.753. The lowest BCUT2D eigenvalue weighted by Crippen LogP contribution is -2.54. The van der Waals surface area contributed by atoms with Crippen molar-refractivity contribution in [3.8, 4) is 5.69 Å². The van der Waals surface area contributed by atoms with Crippen molar-refractivity contribution in [1.29, 1.82) is 0 Å². The topological polar surface area (TPSA) is 138 Å². The second kappa shape index (κ2) is 14.1. The third kappa shape index (κ3) is 8.16. The van der Waals surface area contributed by atoms with Gasteiger partial charge in [-0.3, -0.25) is 19.2 Å². The number of nitrogens with one attached hydrogen (secondary N) is 3. The van der Waals surface area contributed by atoms with Gasteiger partial charge in [-0.05, 0) is 66.6 Å². The van der Waals surface area contributed by atoms with E-state index < -0.39 is 12.1 Å². The van der Waals surface area contributed by atoms with Gasteiger partial charge in [0.1, 0.15) is 24.7 Å². The second-order valence-corrected chi connectivity index (χ2v) is 11.3. The molecule has 0 aliphatic carbocycles. The highest BCUT2D eigenvalue weighted by Crippen LogP contribution is 2.22. The molecular weight excluding hydrogens is 558 g/mol. The van der Waals surface area contributed by atoms with E-state index in [9.17, 15) is 19.2 Å². The Morgan fingerprint density at radius 3 is 2.52 bits per heavy atom. The van der Waals surface area contributed by atoms with Gasteiger partial charge in [0.05, 0.1) is 12.1 Å². The Morgan fingerprint density at radius 2 is 1.86 bits per heavy atom. The maximum absolute atomic E-state index is 13.7. The monoisotopic (exact) mass is 593 g/mol. The summed E-state index contributed by atoms with van der Waals surface area (Å²) in [5.74, 6) is -0.849. The highest BCUT2D eigenvalue weighted by atomic mass is 35.5. The second-order valence-electron chi connectivity index (χ2n) is 10.8. The lowest BCUT2D eigenvalue weighted by atomic mass is 10.0. The van der Waals surface area contributed by atoms with E-state index in [0.717, 1.165) is 16.8 Å². The molecule has 0 radical (unpaired) electrons. The van der Waals surface area contributed by atoms with E-state index >= 15 is 0 Å². The van der Waals surface area contributed by atoms with Gasteiger partial charge in [0, 0.05) is 30.7 Å². The molecule has 3 aromatic rings. The summed E-state index contributed by atoms with van der Waals surface area (Å²) in [6.45, 7) is 6.03. The number of halogens is 1. The normalized spacial score (nSPS) is 15.4. The summed E-state index contributed by atoms with van der Waals surface area (Å²) in [6.07, 6.45) is 4.74. The van der Waals surface area contributed by atoms with Gasteiger partial charge >= 0.3 is 0 Å². The molecule has 1 aromatic heterocycles. The number of amides is 4. The van der Waals surface area contributed by atoms with E-state index in [1.165, 1.54) is 13.3 Å². The molecule has 222 valence electrons. The lowest BCUT2D eigenvalue weighted by Gasteiger charge is -2.29. The Morgan fingerprint density at radius 1 is 1.10 bits per heavy atom. The molecule has 4 rings (SSSR count). The zero-order valence-electron chi connectivity index (χ0n) is 24.0. The SMILES string of the molecule is CC(=O)Nc1ccc(CC(=O)N[C@@H](CC(C)C)C(=O)N2CCC[C@H]2C(=O)NCc2cc(Cl)ccc2-n2cncn2)cc1. The van der Waals surface area contributed by atoms with Crippen molar-refractivity contribution in [2.45, 2.75) is 65.1 Å². The quantitative estimate of drug-likeness (QED) is 0.312. The molecule has 2 heterocycles. The smallest absolute Gasteiger partial charge is 0.245 e. The van der Waals surface area contributed by atoms with Crippen LogP contribution in [0.15, 0.2) is 55.1 Å². The Kier molecular flexibility index (Phi) is 10.3. The van der Waals surface area contributed by atoms with Crippen LogP contribution >= 0.6 is 11.6 Å². The molecule has 1 aliphatic heterocycles. The summed E-state index contributed by atoms with van der Waals surface area (Å²) in [5.41, 5.74) is 2.89. The summed E-state index contributed by atoms with van der Waals surface area (Å²) < 4.78 is 1.60. The average molecular weight is 594 g/mol. The molecule has 12 heteroatoms. The fourth-order valence-electron chi connectivity index (χ4n) is 5.09. The van der Waals surface area contributed by atoms with Crippen molar-refractivity contribution >= 4 is 40.9 Å². The number of anilines is 1. The number of nitrogens with zero attached hydrogens (tertiary/aromatic N) is 4. The molecule has 0 saturated carbocycles. The first kappa shape index (κ1) is 30.7. The first-order chi connectivity index (χ1) is 20.1. The molecule has 2 atom stereocenters. The Bertz CT molecular complexity index is 1410. The standard InChI is InChI=1S/C30H36ClN7O4/c1-19(2)13-25(36-28(40)14-21-6-9-24(10-7-21)35-20(3)39)30(42)37-12-4-5-27(37)29(41)33-16-22-15-23(31)8-11-26(22)38-18-32-17-34-38/h6-11,15,17-19,25,27H,4-5,12-14,16H2,1-3H3,(H,33,41)(H,35,39)(H,36,40)/t25-,27-/m0/s1. The van der Waals surface area contributed by atoms with Gasteiger partial charge in [-0.15, -0.1) is 0 Å². The minimum absolute atomic E-state index is 0.0832. The number of hydrogen-bond acceptors (Lipinski definition) is 6. The molecule has 1 saturated heterocycles. The summed E-state index contributed by atoms with van der Waals surface area (Å²) in [7, 11) is 0. The molecular formula is C30H36ClN7O4. The van der Waals surface area contributed by atoms with E-state index in [2.05, 4.69) is 26.0 Å². The van der Waals surface area contributed by atoms with Crippen molar-refractivity contribution in [3.63, 3.8) is 0 Å². The van der Waals surface area contributed by atoms with Gasteiger partial charge in [-0.2, -0.15) is 5.10 Å². The Hall–Kier alpha value is -4.25. The summed E-state index contributed by atoms with van der Waals surface area (Å²) in [6, 6.07) is 10.9. The van der Waals surface area contributed by atoms with Crippen LogP contribution in [-0.2, 0) is 32.1 Å². The number of likely N-dealkylation sites (tertiary alicyclic amines) is 1. The van der Waals surface area contributed by atoms with Crippen LogP contribution in [0.1, 0.15) is 51.2 Å². The first-order valence-corrected chi connectivity index (χ1v) is 14.4. The molecule has 2 aromatic carbocycles. The van der Waals surface area contributed by atoms with Gasteiger partial charge in [-0.25, -0.2) is 9.67 Å². The molecule has 3 N–H and O–H groups in total. The van der Waals surface area contributed by atoms with Gasteiger partial charge in [0.15, 0.2) is 0 Å². The number of benzene rings is 2. The van der Waals surface area contributed by atoms with Crippen molar-refractivity contribution in [3.05, 3.63) is 71.3 Å². The van der Waals surface area contributed by atoms with E-state index in [4.69, 9.17) is 11.6 Å². The van der Waals surface area contributed by atoms with Crippen LogP contribution in [0.2, 0.25) is 5.02 Å². The fraction of sp³-hybridized carbons (Fsp3) is 0.400. The Balaban J connectivity index is 1.40. The van der Waals surface area contributed by atoms with Crippen LogP contribution in [-0.4, -0.2) is 61.9 Å². The molecule has 0 unspecified atom stereocenters. The van der Waals surface area contributed by atoms with Crippen molar-refractivity contribution in [2.75, 3.05) is 11.9 Å². The largest absolute Gasteiger partial charge is 0.350 e. The van der Waals surface area contributed by atoms with Crippen molar-refractivity contribution in [1.82, 2.24) is 30.3 Å². The van der Waals surface area contributed by atoms with Crippen LogP contribution in [0.5, 0.6) is 0 Å². The molecule has 0 bridgehead atoms. The third-order valence-electron chi connectivity index (χ3n) is 6.98. The number of carbonyl (C=O) groups excluding carboxylic acids is 4. The highest BCUT2D eigenvalue weighted by molar-refractivity contribution is 6.30. The summed E-state index contributed by atoms with van der Waals surface area (Å²) in [4.78, 5) is 56.8. The van der Waals surface area contributed by atoms with Crippen LogP contribution in [0.4, 0.5) is 5.69 Å². The number of rotatable bonds is 11. The van der Waals surface area contributed by atoms with Crippen molar-refractivity contribution < 1.29 is 19.2 Å². The molecule has 1 aliphatic rings.